The summed E-state index contributed by atoms with van der Waals surface area (Å²) in [7, 11) is -4.00. The highest BCUT2D eigenvalue weighted by Crippen LogP contribution is 2.55. The van der Waals surface area contributed by atoms with Gasteiger partial charge in [0, 0.05) is 0 Å². The SMILES string of the molecule is CCOC(=O)C(C(F)(F)F)=P(OCC)(OCC)OCC. The van der Waals surface area contributed by atoms with Gasteiger partial charge in [-0.2, -0.15) is 13.2 Å². The number of alkyl halides is 3. The van der Waals surface area contributed by atoms with Crippen LogP contribution in [0.15, 0.2) is 0 Å². The molecule has 0 radical (unpaired) electrons. The van der Waals surface area contributed by atoms with Gasteiger partial charge >= 0.3 is 12.1 Å². The maximum absolute atomic E-state index is 13.2. The molecule has 0 aliphatic carbocycles. The second-order valence-corrected chi connectivity index (χ2v) is 5.53. The molecule has 0 atom stereocenters. The molecule has 0 aliphatic rings. The summed E-state index contributed by atoms with van der Waals surface area (Å²) in [6.07, 6.45) is -4.96. The van der Waals surface area contributed by atoms with Crippen molar-refractivity contribution in [3.63, 3.8) is 0 Å². The summed E-state index contributed by atoms with van der Waals surface area (Å²) in [6, 6.07) is 0. The van der Waals surface area contributed by atoms with Crippen LogP contribution in [0, 0.1) is 0 Å². The fourth-order valence-corrected chi connectivity index (χ4v) is 3.63. The first-order valence-electron chi connectivity index (χ1n) is 6.23. The molecule has 0 N–H and O–H groups in total. The second kappa shape index (κ2) is 8.67. The maximum atomic E-state index is 13.2. The van der Waals surface area contributed by atoms with Crippen molar-refractivity contribution in [3.05, 3.63) is 0 Å². The van der Waals surface area contributed by atoms with Crippen LogP contribution in [0.2, 0.25) is 0 Å². The normalized spacial score (nSPS) is 12.3. The Bertz CT molecular complexity index is 344. The van der Waals surface area contributed by atoms with Gasteiger partial charge in [-0.1, -0.05) is 0 Å². The summed E-state index contributed by atoms with van der Waals surface area (Å²) in [5.41, 5.74) is 0. The molecule has 20 heavy (non-hydrogen) atoms. The largest absolute Gasteiger partial charge is 0.462 e. The van der Waals surface area contributed by atoms with Gasteiger partial charge in [0.2, 0.25) is 5.29 Å². The number of carbonyl (C=O) groups is 1. The minimum Gasteiger partial charge on any atom is -0.462 e. The average Bonchev–Trinajstić information content (AvgIpc) is 2.28. The Balaban J connectivity index is 6.14. The van der Waals surface area contributed by atoms with E-state index in [0.29, 0.717) is 0 Å². The molecule has 0 fully saturated rings. The number of carbonyl (C=O) groups excluding carboxylic acids is 1. The molecule has 120 valence electrons. The minimum absolute atomic E-state index is 0.0905. The Hall–Kier alpha value is -0.560. The summed E-state index contributed by atoms with van der Waals surface area (Å²) in [6.45, 7) is 5.42. The van der Waals surface area contributed by atoms with Crippen LogP contribution in [0.4, 0.5) is 13.2 Å². The van der Waals surface area contributed by atoms with Gasteiger partial charge in [0.15, 0.2) is 0 Å². The molecule has 0 bridgehead atoms. The zero-order valence-corrected chi connectivity index (χ0v) is 12.8. The monoisotopic (exact) mass is 320 g/mol. The third kappa shape index (κ3) is 5.09. The van der Waals surface area contributed by atoms with Crippen LogP contribution in [0.3, 0.4) is 0 Å². The predicted octanol–water partition coefficient (Wildman–Crippen LogP) is 3.16. The average molecular weight is 320 g/mol. The van der Waals surface area contributed by atoms with Gasteiger partial charge in [0.05, 0.1) is 26.4 Å². The van der Waals surface area contributed by atoms with Gasteiger partial charge in [-0.05, 0) is 27.7 Å². The first kappa shape index (κ1) is 19.4. The summed E-state index contributed by atoms with van der Waals surface area (Å²) in [5.74, 6) is -1.52. The number of ether oxygens (including phenoxy) is 1. The second-order valence-electron chi connectivity index (χ2n) is 3.32. The van der Waals surface area contributed by atoms with E-state index in [4.69, 9.17) is 13.6 Å². The van der Waals surface area contributed by atoms with Crippen molar-refractivity contribution >= 4 is 18.8 Å². The van der Waals surface area contributed by atoms with Gasteiger partial charge in [-0.3, -0.25) is 0 Å². The molecule has 0 spiro atoms. The van der Waals surface area contributed by atoms with Crippen LogP contribution >= 0.6 is 7.57 Å². The van der Waals surface area contributed by atoms with Crippen molar-refractivity contribution in [3.8, 4) is 0 Å². The fourth-order valence-electron chi connectivity index (χ4n) is 1.40. The van der Waals surface area contributed by atoms with Crippen LogP contribution in [-0.2, 0) is 23.1 Å². The lowest BCUT2D eigenvalue weighted by Crippen LogP contribution is -2.35. The van der Waals surface area contributed by atoms with Crippen molar-refractivity contribution in [1.82, 2.24) is 0 Å². The molecule has 0 aliphatic heterocycles. The Kier molecular flexibility index (Phi) is 8.42. The molecule has 0 rings (SSSR count). The maximum Gasteiger partial charge on any atom is 0.430 e. The van der Waals surface area contributed by atoms with Gasteiger partial charge in [-0.25, -0.2) is 4.79 Å². The van der Waals surface area contributed by atoms with Gasteiger partial charge in [0.1, 0.15) is 0 Å². The van der Waals surface area contributed by atoms with Crippen molar-refractivity contribution in [2.45, 2.75) is 33.9 Å². The highest BCUT2D eigenvalue weighted by molar-refractivity contribution is 7.64. The van der Waals surface area contributed by atoms with Crippen LogP contribution < -0.4 is 0 Å². The van der Waals surface area contributed by atoms with E-state index in [9.17, 15) is 18.0 Å². The van der Waals surface area contributed by atoms with E-state index in [2.05, 4.69) is 4.74 Å². The summed E-state index contributed by atoms with van der Waals surface area (Å²) < 4.78 is 59.3. The molecule has 0 aromatic rings. The van der Waals surface area contributed by atoms with Crippen molar-refractivity contribution in [2.75, 3.05) is 26.4 Å². The Morgan fingerprint density at radius 1 is 0.900 bits per heavy atom. The summed E-state index contributed by atoms with van der Waals surface area (Å²) in [5, 5.41) is -1.54. The smallest absolute Gasteiger partial charge is 0.430 e. The van der Waals surface area contributed by atoms with E-state index in [1.165, 1.54) is 27.7 Å². The van der Waals surface area contributed by atoms with Crippen LogP contribution in [0.5, 0.6) is 0 Å². The van der Waals surface area contributed by atoms with Crippen LogP contribution in [-0.4, -0.2) is 43.9 Å². The lowest BCUT2D eigenvalue weighted by Gasteiger charge is -2.28. The summed E-state index contributed by atoms with van der Waals surface area (Å²) in [4.78, 5) is 11.7. The van der Waals surface area contributed by atoms with E-state index < -0.39 is 25.0 Å². The van der Waals surface area contributed by atoms with Crippen molar-refractivity contribution in [1.29, 1.82) is 0 Å². The van der Waals surface area contributed by atoms with Crippen molar-refractivity contribution in [2.24, 2.45) is 0 Å². The third-order valence-electron chi connectivity index (χ3n) is 1.91. The number of halogens is 3. The topological polar surface area (TPSA) is 54.0 Å². The van der Waals surface area contributed by atoms with E-state index in [1.807, 2.05) is 0 Å². The van der Waals surface area contributed by atoms with Gasteiger partial charge < -0.3 is 18.3 Å². The molecule has 0 saturated heterocycles. The molecule has 0 saturated carbocycles. The van der Waals surface area contributed by atoms with Gasteiger partial charge in [-0.15, -0.1) is 0 Å². The van der Waals surface area contributed by atoms with Crippen LogP contribution in [0.1, 0.15) is 27.7 Å². The molecule has 5 nitrogen and oxygen atoms in total. The van der Waals surface area contributed by atoms with Crippen LogP contribution in [0.25, 0.3) is 0 Å². The molecule has 0 amide bonds. The highest BCUT2D eigenvalue weighted by atomic mass is 31.2. The Labute approximate surface area is 116 Å². The molecular weight excluding hydrogens is 300 g/mol. The lowest BCUT2D eigenvalue weighted by molar-refractivity contribution is -0.138. The minimum atomic E-state index is -4.96. The number of hydrogen-bond acceptors (Lipinski definition) is 5. The van der Waals surface area contributed by atoms with E-state index in [0.717, 1.165) is 0 Å². The zero-order chi connectivity index (χ0) is 15.8. The molecule has 9 heteroatoms. The van der Waals surface area contributed by atoms with Crippen molar-refractivity contribution < 1.29 is 36.3 Å². The predicted molar refractivity (Wildman–Crippen MR) is 69.5 cm³/mol. The molecule has 0 aromatic heterocycles. The molecular formula is C11H20F3O5P. The van der Waals surface area contributed by atoms with Gasteiger partial charge in [0.25, 0.3) is 7.57 Å². The quantitative estimate of drug-likeness (QED) is 0.508. The van der Waals surface area contributed by atoms with E-state index >= 15 is 0 Å². The molecule has 0 unspecified atom stereocenters. The summed E-state index contributed by atoms with van der Waals surface area (Å²) >= 11 is 0. The first-order valence-corrected chi connectivity index (χ1v) is 7.77. The Morgan fingerprint density at radius 3 is 1.55 bits per heavy atom. The zero-order valence-electron chi connectivity index (χ0n) is 12.0. The molecule has 0 heterocycles. The highest BCUT2D eigenvalue weighted by Gasteiger charge is 2.50. The third-order valence-corrected chi connectivity index (χ3v) is 4.69. The van der Waals surface area contributed by atoms with E-state index in [1.54, 1.807) is 0 Å². The number of rotatable bonds is 8. The standard InChI is InChI=1S/C11H20F3O5P/c1-5-16-10(15)9(11(12,13)14)20(17-6-2,18-7-3)19-8-4/h5-8H2,1-4H3. The lowest BCUT2D eigenvalue weighted by atomic mass is 10.4. The van der Waals surface area contributed by atoms with E-state index in [-0.39, 0.29) is 26.4 Å². The Morgan fingerprint density at radius 2 is 1.30 bits per heavy atom. The fraction of sp³-hybridized carbons (Fsp3) is 0.818. The first-order chi connectivity index (χ1) is 9.29. The number of esters is 1. The molecule has 0 aromatic carbocycles. The number of hydrogen-bond donors (Lipinski definition) is 0.